The van der Waals surface area contributed by atoms with Crippen molar-refractivity contribution < 1.29 is 28.7 Å². The van der Waals surface area contributed by atoms with Crippen molar-refractivity contribution in [1.82, 2.24) is 4.90 Å². The number of likely N-dealkylation sites (tertiary alicyclic amines) is 1. The number of benzene rings is 1. The predicted molar refractivity (Wildman–Crippen MR) is 94.8 cm³/mol. The molecule has 144 valence electrons. The number of carbonyl (C=O) groups is 4. The lowest BCUT2D eigenvalue weighted by atomic mass is 9.81. The zero-order valence-corrected chi connectivity index (χ0v) is 15.1. The Labute approximate surface area is 156 Å². The van der Waals surface area contributed by atoms with Crippen LogP contribution in [0, 0.1) is 11.8 Å². The summed E-state index contributed by atoms with van der Waals surface area (Å²) in [4.78, 5) is 49.6. The van der Waals surface area contributed by atoms with Gasteiger partial charge in [-0.15, -0.1) is 0 Å². The number of esters is 1. The number of nitrogens with zero attached hydrogens (tertiary/aromatic N) is 1. The van der Waals surface area contributed by atoms with Gasteiger partial charge >= 0.3 is 5.97 Å². The minimum atomic E-state index is -0.787. The number of hydrogen-bond acceptors (Lipinski definition) is 6. The van der Waals surface area contributed by atoms with Crippen LogP contribution < -0.4 is 10.1 Å². The quantitative estimate of drug-likeness (QED) is 0.596. The van der Waals surface area contributed by atoms with Crippen molar-refractivity contribution in [2.45, 2.75) is 25.7 Å². The number of methoxy groups -OCH3 is 1. The smallest absolute Gasteiger partial charge is 0.326 e. The number of nitrogens with one attached hydrogen (secondary N) is 1. The van der Waals surface area contributed by atoms with Gasteiger partial charge in [-0.25, -0.2) is 0 Å². The van der Waals surface area contributed by atoms with Crippen LogP contribution in [0.15, 0.2) is 24.3 Å². The molecule has 1 aromatic carbocycles. The number of anilines is 1. The first kappa shape index (κ1) is 18.9. The molecule has 1 N–H and O–H groups in total. The molecule has 27 heavy (non-hydrogen) atoms. The van der Waals surface area contributed by atoms with E-state index < -0.39 is 25.0 Å². The molecule has 8 heteroatoms. The third kappa shape index (κ3) is 4.10. The molecule has 1 saturated heterocycles. The maximum absolute atomic E-state index is 12.3. The van der Waals surface area contributed by atoms with Gasteiger partial charge in [0.1, 0.15) is 12.3 Å². The standard InChI is InChI=1S/C19H22N2O6/c1-26-15-9-5-4-8-14(15)20-16(22)11-27-17(23)10-21-18(24)12-6-2-3-7-13(12)19(21)25/h4-5,8-9,12-13H,2-3,6-7,10-11H2,1H3,(H,20,22)/t12-,13-/m0/s1. The number of carbonyl (C=O) groups excluding carboxylic acids is 4. The highest BCUT2D eigenvalue weighted by molar-refractivity contribution is 6.07. The van der Waals surface area contributed by atoms with Crippen LogP contribution in [0.1, 0.15) is 25.7 Å². The van der Waals surface area contributed by atoms with E-state index in [0.29, 0.717) is 24.3 Å². The first-order chi connectivity index (χ1) is 13.0. The molecule has 3 rings (SSSR count). The van der Waals surface area contributed by atoms with Crippen LogP contribution in [-0.4, -0.2) is 48.9 Å². The summed E-state index contributed by atoms with van der Waals surface area (Å²) in [6.07, 6.45) is 3.20. The number of para-hydroxylation sites is 2. The van der Waals surface area contributed by atoms with Gasteiger partial charge in [0.25, 0.3) is 5.91 Å². The summed E-state index contributed by atoms with van der Waals surface area (Å²) in [6.45, 7) is -0.966. The highest BCUT2D eigenvalue weighted by Gasteiger charge is 2.48. The molecule has 2 aliphatic rings. The summed E-state index contributed by atoms with van der Waals surface area (Å²) in [5, 5.41) is 2.58. The van der Waals surface area contributed by atoms with Crippen LogP contribution >= 0.6 is 0 Å². The van der Waals surface area contributed by atoms with E-state index in [1.807, 2.05) is 0 Å². The Hall–Kier alpha value is -2.90. The van der Waals surface area contributed by atoms with Gasteiger partial charge in [-0.2, -0.15) is 0 Å². The summed E-state index contributed by atoms with van der Waals surface area (Å²) in [7, 11) is 1.48. The van der Waals surface area contributed by atoms with Crippen molar-refractivity contribution in [3.8, 4) is 5.75 Å². The van der Waals surface area contributed by atoms with Gasteiger partial charge in [-0.05, 0) is 25.0 Å². The average molecular weight is 374 g/mol. The van der Waals surface area contributed by atoms with Gasteiger partial charge in [0, 0.05) is 0 Å². The summed E-state index contributed by atoms with van der Waals surface area (Å²) >= 11 is 0. The van der Waals surface area contributed by atoms with Crippen molar-refractivity contribution >= 4 is 29.4 Å². The summed E-state index contributed by atoms with van der Waals surface area (Å²) in [6, 6.07) is 6.83. The zero-order chi connectivity index (χ0) is 19.4. The Bertz CT molecular complexity index is 738. The number of ether oxygens (including phenoxy) is 2. The fourth-order valence-electron chi connectivity index (χ4n) is 3.64. The van der Waals surface area contributed by atoms with Crippen LogP contribution in [0.25, 0.3) is 0 Å². The van der Waals surface area contributed by atoms with Crippen LogP contribution in [-0.2, 0) is 23.9 Å². The Morgan fingerprint density at radius 3 is 2.37 bits per heavy atom. The average Bonchev–Trinajstić information content (AvgIpc) is 2.92. The monoisotopic (exact) mass is 374 g/mol. The Morgan fingerprint density at radius 1 is 1.11 bits per heavy atom. The second-order valence-electron chi connectivity index (χ2n) is 6.67. The van der Waals surface area contributed by atoms with Crippen molar-refractivity contribution in [3.63, 3.8) is 0 Å². The minimum Gasteiger partial charge on any atom is -0.495 e. The Morgan fingerprint density at radius 2 is 1.74 bits per heavy atom. The van der Waals surface area contributed by atoms with Crippen LogP contribution in [0.2, 0.25) is 0 Å². The fourth-order valence-corrected chi connectivity index (χ4v) is 3.64. The lowest BCUT2D eigenvalue weighted by Gasteiger charge is -2.19. The number of amides is 3. The maximum atomic E-state index is 12.3. The summed E-state index contributed by atoms with van der Waals surface area (Å²) < 4.78 is 10.0. The lowest BCUT2D eigenvalue weighted by Crippen LogP contribution is -2.37. The summed E-state index contributed by atoms with van der Waals surface area (Å²) in [5.74, 6) is -2.08. The van der Waals surface area contributed by atoms with E-state index in [9.17, 15) is 19.2 Å². The molecule has 1 aliphatic heterocycles. The Kier molecular flexibility index (Phi) is 5.73. The Balaban J connectivity index is 1.50. The molecule has 1 saturated carbocycles. The van der Waals surface area contributed by atoms with Crippen LogP contribution in [0.5, 0.6) is 5.75 Å². The predicted octanol–water partition coefficient (Wildman–Crippen LogP) is 1.35. The largest absolute Gasteiger partial charge is 0.495 e. The molecule has 0 unspecified atom stereocenters. The molecule has 2 atom stereocenters. The number of imide groups is 1. The number of fused-ring (bicyclic) bond motifs is 1. The highest BCUT2D eigenvalue weighted by atomic mass is 16.5. The minimum absolute atomic E-state index is 0.305. The molecule has 1 aliphatic carbocycles. The molecule has 0 bridgehead atoms. The van der Waals surface area contributed by atoms with E-state index in [4.69, 9.17) is 9.47 Å². The molecule has 1 aromatic rings. The third-order valence-corrected chi connectivity index (χ3v) is 4.96. The molecule has 1 heterocycles. The van der Waals surface area contributed by atoms with Crippen molar-refractivity contribution in [2.75, 3.05) is 25.6 Å². The normalized spacial score (nSPS) is 21.6. The van der Waals surface area contributed by atoms with Gasteiger partial charge < -0.3 is 14.8 Å². The van der Waals surface area contributed by atoms with Crippen molar-refractivity contribution in [1.29, 1.82) is 0 Å². The van der Waals surface area contributed by atoms with E-state index in [2.05, 4.69) is 5.32 Å². The molecular formula is C19H22N2O6. The van der Waals surface area contributed by atoms with Crippen LogP contribution in [0.3, 0.4) is 0 Å². The van der Waals surface area contributed by atoms with E-state index in [0.717, 1.165) is 17.7 Å². The van der Waals surface area contributed by atoms with Crippen molar-refractivity contribution in [2.24, 2.45) is 11.8 Å². The second-order valence-corrected chi connectivity index (χ2v) is 6.67. The molecule has 0 radical (unpaired) electrons. The van der Waals surface area contributed by atoms with E-state index in [1.165, 1.54) is 7.11 Å². The lowest BCUT2D eigenvalue weighted by molar-refractivity contribution is -0.154. The van der Waals surface area contributed by atoms with Crippen molar-refractivity contribution in [3.05, 3.63) is 24.3 Å². The third-order valence-electron chi connectivity index (χ3n) is 4.96. The molecule has 0 spiro atoms. The molecular weight excluding hydrogens is 352 g/mol. The SMILES string of the molecule is COc1ccccc1NC(=O)COC(=O)CN1C(=O)[C@H]2CCCC[C@@H]2C1=O. The molecule has 2 fully saturated rings. The highest BCUT2D eigenvalue weighted by Crippen LogP contribution is 2.37. The number of rotatable bonds is 6. The molecule has 3 amide bonds. The maximum Gasteiger partial charge on any atom is 0.326 e. The van der Waals surface area contributed by atoms with E-state index >= 15 is 0 Å². The van der Waals surface area contributed by atoms with Gasteiger partial charge in [0.2, 0.25) is 11.8 Å². The van der Waals surface area contributed by atoms with Crippen LogP contribution in [0.4, 0.5) is 5.69 Å². The van der Waals surface area contributed by atoms with E-state index in [1.54, 1.807) is 24.3 Å². The van der Waals surface area contributed by atoms with Gasteiger partial charge in [0.05, 0.1) is 24.6 Å². The zero-order valence-electron chi connectivity index (χ0n) is 15.1. The van der Waals surface area contributed by atoms with E-state index in [-0.39, 0.29) is 23.7 Å². The summed E-state index contributed by atoms with van der Waals surface area (Å²) in [5.41, 5.74) is 0.454. The topological polar surface area (TPSA) is 102 Å². The fraction of sp³-hybridized carbons (Fsp3) is 0.474. The van der Waals surface area contributed by atoms with Gasteiger partial charge in [0.15, 0.2) is 6.61 Å². The van der Waals surface area contributed by atoms with Gasteiger partial charge in [-0.1, -0.05) is 25.0 Å². The second kappa shape index (κ2) is 8.20. The first-order valence-electron chi connectivity index (χ1n) is 8.95. The van der Waals surface area contributed by atoms with Gasteiger partial charge in [-0.3, -0.25) is 24.1 Å². The first-order valence-corrected chi connectivity index (χ1v) is 8.95. The molecule has 8 nitrogen and oxygen atoms in total. The molecule has 0 aromatic heterocycles. The number of hydrogen-bond donors (Lipinski definition) is 1.